The fourth-order valence-electron chi connectivity index (χ4n) is 3.86. The van der Waals surface area contributed by atoms with Crippen molar-refractivity contribution in [3.05, 3.63) is 46.3 Å². The molecule has 1 saturated heterocycles. The summed E-state index contributed by atoms with van der Waals surface area (Å²) in [6, 6.07) is 10.8. The number of fused-ring (bicyclic) bond motifs is 1. The van der Waals surface area contributed by atoms with Crippen LogP contribution in [0.15, 0.2) is 36.5 Å². The lowest BCUT2D eigenvalue weighted by Gasteiger charge is -2.37. The van der Waals surface area contributed by atoms with Gasteiger partial charge in [-0.1, -0.05) is 6.07 Å². The van der Waals surface area contributed by atoms with Gasteiger partial charge in [-0.25, -0.2) is 9.78 Å². The molecule has 3 atom stereocenters. The second-order valence-corrected chi connectivity index (χ2v) is 8.95. The number of aliphatic carboxylic acids is 1. The molecule has 10 heteroatoms. The van der Waals surface area contributed by atoms with E-state index in [0.29, 0.717) is 18.1 Å². The molecule has 1 aliphatic heterocycles. The molecular formula is C21H25F3N2O4S. The summed E-state index contributed by atoms with van der Waals surface area (Å²) in [5.74, 6) is -1.49. The monoisotopic (exact) mass is 458 g/mol. The lowest BCUT2D eigenvalue weighted by molar-refractivity contribution is -0.192. The lowest BCUT2D eigenvalue weighted by Crippen LogP contribution is -2.47. The number of ether oxygens (including phenoxy) is 2. The zero-order valence-corrected chi connectivity index (χ0v) is 17.9. The molecule has 31 heavy (non-hydrogen) atoms. The first-order valence-electron chi connectivity index (χ1n) is 9.97. The van der Waals surface area contributed by atoms with Crippen LogP contribution in [0.25, 0.3) is 0 Å². The molecule has 3 unspecified atom stereocenters. The van der Waals surface area contributed by atoms with Crippen LogP contribution >= 0.6 is 11.3 Å². The second-order valence-electron chi connectivity index (χ2n) is 7.58. The van der Waals surface area contributed by atoms with E-state index in [9.17, 15) is 13.2 Å². The Kier molecular flexibility index (Phi) is 7.90. The lowest BCUT2D eigenvalue weighted by atomic mass is 10.1. The smallest absolute Gasteiger partial charge is 0.477 e. The number of carbonyl (C=O) groups is 1. The van der Waals surface area contributed by atoms with E-state index in [0.717, 1.165) is 45.0 Å². The summed E-state index contributed by atoms with van der Waals surface area (Å²) in [5.41, 5.74) is 0. The Balaban J connectivity index is 0.000000339. The van der Waals surface area contributed by atoms with Crippen molar-refractivity contribution in [1.82, 2.24) is 9.88 Å². The average Bonchev–Trinajstić information content (AvgIpc) is 3.33. The van der Waals surface area contributed by atoms with Crippen molar-refractivity contribution >= 4 is 17.3 Å². The van der Waals surface area contributed by atoms with Crippen molar-refractivity contribution in [3.8, 4) is 5.88 Å². The number of aryl methyl sites for hydroxylation is 1. The Morgan fingerprint density at radius 2 is 2.10 bits per heavy atom. The number of halogens is 3. The molecule has 2 aromatic heterocycles. The number of alkyl halides is 3. The van der Waals surface area contributed by atoms with Crippen molar-refractivity contribution in [3.63, 3.8) is 0 Å². The highest BCUT2D eigenvalue weighted by molar-refractivity contribution is 7.11. The molecule has 2 aromatic rings. The van der Waals surface area contributed by atoms with Gasteiger partial charge in [0.1, 0.15) is 0 Å². The normalized spacial score (nSPS) is 23.5. The third kappa shape index (κ3) is 6.91. The molecule has 1 aliphatic carbocycles. The van der Waals surface area contributed by atoms with Gasteiger partial charge in [0.05, 0.1) is 19.3 Å². The van der Waals surface area contributed by atoms with Crippen LogP contribution < -0.4 is 4.74 Å². The number of pyridine rings is 1. The highest BCUT2D eigenvalue weighted by atomic mass is 32.1. The summed E-state index contributed by atoms with van der Waals surface area (Å²) in [6.07, 6.45) is -0.700. The number of carboxylic acids is 1. The zero-order chi connectivity index (χ0) is 22.4. The molecule has 1 saturated carbocycles. The summed E-state index contributed by atoms with van der Waals surface area (Å²) < 4.78 is 43.7. The number of thiophene rings is 1. The van der Waals surface area contributed by atoms with E-state index >= 15 is 0 Å². The standard InChI is InChI=1S/C19H24N2O2S.C2HF3O2/c1-14-5-6-16(24-14)12-21-8-9-22-18-11-15(10-17(18)21)13-23-19-4-2-3-7-20-19;3-2(4,5)1(6)7/h2-7,15,17-18H,8-13H2,1H3;(H,6,7). The minimum absolute atomic E-state index is 0.358. The number of aromatic nitrogens is 1. The van der Waals surface area contributed by atoms with Gasteiger partial charge in [-0.2, -0.15) is 13.2 Å². The van der Waals surface area contributed by atoms with E-state index < -0.39 is 12.1 Å². The van der Waals surface area contributed by atoms with Crippen molar-refractivity contribution in [2.45, 2.75) is 44.6 Å². The van der Waals surface area contributed by atoms with Crippen molar-refractivity contribution in [2.24, 2.45) is 5.92 Å². The SMILES string of the molecule is Cc1ccc(CN2CCOC3CC(COc4ccccn4)CC32)s1.O=C(O)C(F)(F)F. The van der Waals surface area contributed by atoms with E-state index in [1.54, 1.807) is 6.20 Å². The largest absolute Gasteiger partial charge is 0.490 e. The predicted octanol–water partition coefficient (Wildman–Crippen LogP) is 4.14. The highest BCUT2D eigenvalue weighted by Crippen LogP contribution is 2.35. The third-order valence-electron chi connectivity index (χ3n) is 5.25. The number of hydrogen-bond donors (Lipinski definition) is 1. The van der Waals surface area contributed by atoms with Crippen molar-refractivity contribution in [2.75, 3.05) is 19.8 Å². The number of carboxylic acid groups (broad SMARTS) is 1. The summed E-state index contributed by atoms with van der Waals surface area (Å²) in [7, 11) is 0. The zero-order valence-electron chi connectivity index (χ0n) is 17.0. The molecule has 0 bridgehead atoms. The molecule has 0 spiro atoms. The number of hydrogen-bond acceptors (Lipinski definition) is 6. The molecule has 3 heterocycles. The first-order chi connectivity index (χ1) is 14.7. The van der Waals surface area contributed by atoms with Gasteiger partial charge < -0.3 is 14.6 Å². The van der Waals surface area contributed by atoms with Crippen LogP contribution in [0.3, 0.4) is 0 Å². The van der Waals surface area contributed by atoms with Gasteiger partial charge in [0.2, 0.25) is 5.88 Å². The Bertz CT molecular complexity index is 847. The van der Waals surface area contributed by atoms with Crippen LogP contribution in [0.2, 0.25) is 0 Å². The summed E-state index contributed by atoms with van der Waals surface area (Å²) in [5, 5.41) is 7.12. The quantitative estimate of drug-likeness (QED) is 0.726. The van der Waals surface area contributed by atoms with E-state index in [2.05, 4.69) is 28.9 Å². The maximum atomic E-state index is 10.6. The van der Waals surface area contributed by atoms with Gasteiger partial charge in [0.25, 0.3) is 0 Å². The van der Waals surface area contributed by atoms with Crippen LogP contribution in [0.5, 0.6) is 5.88 Å². The summed E-state index contributed by atoms with van der Waals surface area (Å²) >= 11 is 1.91. The van der Waals surface area contributed by atoms with Crippen LogP contribution in [0.4, 0.5) is 13.2 Å². The molecular weight excluding hydrogens is 433 g/mol. The molecule has 2 aliphatic rings. The minimum atomic E-state index is -5.08. The van der Waals surface area contributed by atoms with Crippen molar-refractivity contribution < 1.29 is 32.5 Å². The number of nitrogens with zero attached hydrogens (tertiary/aromatic N) is 2. The Morgan fingerprint density at radius 3 is 2.71 bits per heavy atom. The molecule has 1 N–H and O–H groups in total. The van der Waals surface area contributed by atoms with E-state index in [-0.39, 0.29) is 0 Å². The minimum Gasteiger partial charge on any atom is -0.477 e. The topological polar surface area (TPSA) is 71.9 Å². The molecule has 2 fully saturated rings. The first kappa shape index (κ1) is 23.5. The van der Waals surface area contributed by atoms with E-state index in [1.165, 1.54) is 9.75 Å². The van der Waals surface area contributed by atoms with Crippen molar-refractivity contribution in [1.29, 1.82) is 0 Å². The average molecular weight is 459 g/mol. The van der Waals surface area contributed by atoms with Crippen LogP contribution in [-0.4, -0.2) is 59.0 Å². The number of rotatable bonds is 5. The van der Waals surface area contributed by atoms with Gasteiger partial charge in [0, 0.05) is 41.1 Å². The predicted molar refractivity (Wildman–Crippen MR) is 109 cm³/mol. The van der Waals surface area contributed by atoms with Crippen LogP contribution in [0, 0.1) is 12.8 Å². The van der Waals surface area contributed by atoms with Crippen LogP contribution in [0.1, 0.15) is 22.6 Å². The van der Waals surface area contributed by atoms with Gasteiger partial charge in [-0.3, -0.25) is 4.90 Å². The summed E-state index contributed by atoms with van der Waals surface area (Å²) in [4.78, 5) is 18.6. The Morgan fingerprint density at radius 1 is 1.32 bits per heavy atom. The van der Waals surface area contributed by atoms with Gasteiger partial charge in [-0.05, 0) is 43.9 Å². The molecule has 0 amide bonds. The molecule has 0 radical (unpaired) electrons. The van der Waals surface area contributed by atoms with Crippen LogP contribution in [-0.2, 0) is 16.1 Å². The second kappa shape index (κ2) is 10.4. The fourth-order valence-corrected chi connectivity index (χ4v) is 4.78. The maximum absolute atomic E-state index is 10.6. The molecule has 4 rings (SSSR count). The van der Waals surface area contributed by atoms with Gasteiger partial charge in [-0.15, -0.1) is 11.3 Å². The van der Waals surface area contributed by atoms with Gasteiger partial charge >= 0.3 is 12.1 Å². The molecule has 0 aromatic carbocycles. The Hall–Kier alpha value is -2.17. The summed E-state index contributed by atoms with van der Waals surface area (Å²) in [6.45, 7) is 5.85. The molecule has 6 nitrogen and oxygen atoms in total. The van der Waals surface area contributed by atoms with E-state index in [4.69, 9.17) is 19.4 Å². The van der Waals surface area contributed by atoms with Gasteiger partial charge in [0.15, 0.2) is 0 Å². The Labute approximate surface area is 182 Å². The first-order valence-corrected chi connectivity index (χ1v) is 10.8. The highest BCUT2D eigenvalue weighted by Gasteiger charge is 2.41. The van der Waals surface area contributed by atoms with E-state index in [1.807, 2.05) is 29.5 Å². The third-order valence-corrected chi connectivity index (χ3v) is 6.24. The number of morpholine rings is 1. The maximum Gasteiger partial charge on any atom is 0.490 e. The fraction of sp³-hybridized carbons (Fsp3) is 0.524. The molecule has 170 valence electrons.